The average Bonchev–Trinajstić information content (AvgIpc) is 3.21. The number of hydrogen-bond donors (Lipinski definition) is 0. The summed E-state index contributed by atoms with van der Waals surface area (Å²) in [6, 6.07) is 22.1. The van der Waals surface area contributed by atoms with Gasteiger partial charge in [-0.3, -0.25) is 10.1 Å². The second-order valence-electron chi connectivity index (χ2n) is 7.54. The minimum Gasteiger partial charge on any atom is -0.462 e. The van der Waals surface area contributed by atoms with E-state index in [4.69, 9.17) is 21.4 Å². The van der Waals surface area contributed by atoms with Crippen LogP contribution in [0.2, 0.25) is 5.02 Å². The fourth-order valence-electron chi connectivity index (χ4n) is 4.16. The average molecular weight is 420 g/mol. The molecular weight excluding hydrogens is 402 g/mol. The number of hydrogen-bond acceptors (Lipinski definition) is 5. The summed E-state index contributed by atoms with van der Waals surface area (Å²) in [5.74, 6) is 0.798. The third-order valence-electron chi connectivity index (χ3n) is 5.73. The van der Waals surface area contributed by atoms with E-state index in [9.17, 15) is 10.1 Å². The summed E-state index contributed by atoms with van der Waals surface area (Å²) in [5.41, 5.74) is 2.98. The number of hydrazone groups is 1. The zero-order chi connectivity index (χ0) is 20.9. The van der Waals surface area contributed by atoms with Gasteiger partial charge in [0.05, 0.1) is 16.7 Å². The molecule has 5 rings (SSSR count). The van der Waals surface area contributed by atoms with Crippen LogP contribution in [0.15, 0.2) is 77.9 Å². The summed E-state index contributed by atoms with van der Waals surface area (Å²) in [7, 11) is 0. The molecule has 30 heavy (non-hydrogen) atoms. The Morgan fingerprint density at radius 3 is 2.50 bits per heavy atom. The van der Waals surface area contributed by atoms with Gasteiger partial charge >= 0.3 is 0 Å². The summed E-state index contributed by atoms with van der Waals surface area (Å²) in [6.07, 6.45) is 0.727. The van der Waals surface area contributed by atoms with Crippen molar-refractivity contribution in [3.05, 3.63) is 105 Å². The Balaban J connectivity index is 1.61. The lowest BCUT2D eigenvalue weighted by molar-refractivity contribution is -0.384. The molecular formula is C23H18ClN3O3. The summed E-state index contributed by atoms with van der Waals surface area (Å²) >= 11 is 6.05. The quantitative estimate of drug-likeness (QED) is 0.405. The molecule has 0 aromatic heterocycles. The van der Waals surface area contributed by atoms with E-state index in [2.05, 4.69) is 6.07 Å². The van der Waals surface area contributed by atoms with Gasteiger partial charge in [-0.2, -0.15) is 5.10 Å². The molecule has 150 valence electrons. The van der Waals surface area contributed by atoms with E-state index in [0.29, 0.717) is 5.02 Å². The number of benzene rings is 3. The number of para-hydroxylation sites is 1. The fourth-order valence-corrected chi connectivity index (χ4v) is 4.28. The standard InChI is InChI=1S/C23H18ClN3O3/c1-23(16-8-12-18(13-9-16)27(28)29)26-21(19-4-2-3-5-22(19)30-23)14-20(25-26)15-6-10-17(24)11-7-15/h2-13,21H,14H2,1H3. The lowest BCUT2D eigenvalue weighted by Gasteiger charge is -2.45. The number of rotatable bonds is 3. The number of nitrogens with zero attached hydrogens (tertiary/aromatic N) is 3. The van der Waals surface area contributed by atoms with Crippen LogP contribution >= 0.6 is 11.6 Å². The normalized spacial score (nSPS) is 22.0. The molecule has 2 atom stereocenters. The van der Waals surface area contributed by atoms with Gasteiger partial charge in [-0.1, -0.05) is 41.9 Å². The molecule has 2 unspecified atom stereocenters. The van der Waals surface area contributed by atoms with Gasteiger partial charge in [0.25, 0.3) is 5.69 Å². The minimum absolute atomic E-state index is 0.000759. The minimum atomic E-state index is -0.900. The molecule has 0 fully saturated rings. The van der Waals surface area contributed by atoms with Crippen LogP contribution in [0.4, 0.5) is 5.69 Å². The van der Waals surface area contributed by atoms with Gasteiger partial charge in [0.2, 0.25) is 5.72 Å². The number of halogens is 1. The Hall–Kier alpha value is -3.38. The molecule has 0 saturated carbocycles. The van der Waals surface area contributed by atoms with Crippen molar-refractivity contribution in [3.63, 3.8) is 0 Å². The van der Waals surface area contributed by atoms with Crippen molar-refractivity contribution in [1.29, 1.82) is 0 Å². The molecule has 0 spiro atoms. The van der Waals surface area contributed by atoms with Crippen LogP contribution in [-0.4, -0.2) is 15.6 Å². The van der Waals surface area contributed by atoms with Crippen LogP contribution in [0.25, 0.3) is 0 Å². The molecule has 0 N–H and O–H groups in total. The third-order valence-corrected chi connectivity index (χ3v) is 5.98. The first kappa shape index (κ1) is 18.6. The number of fused-ring (bicyclic) bond motifs is 3. The predicted molar refractivity (Wildman–Crippen MR) is 115 cm³/mol. The van der Waals surface area contributed by atoms with E-state index in [0.717, 1.165) is 34.6 Å². The maximum absolute atomic E-state index is 11.1. The van der Waals surface area contributed by atoms with E-state index < -0.39 is 10.6 Å². The Morgan fingerprint density at radius 1 is 1.10 bits per heavy atom. The second kappa shape index (κ2) is 6.85. The highest BCUT2D eigenvalue weighted by atomic mass is 35.5. The van der Waals surface area contributed by atoms with Gasteiger partial charge in [0.1, 0.15) is 5.75 Å². The smallest absolute Gasteiger partial charge is 0.269 e. The van der Waals surface area contributed by atoms with Crippen molar-refractivity contribution < 1.29 is 9.66 Å². The second-order valence-corrected chi connectivity index (χ2v) is 7.98. The zero-order valence-electron chi connectivity index (χ0n) is 16.2. The Bertz CT molecular complexity index is 1160. The summed E-state index contributed by atoms with van der Waals surface area (Å²) in [5, 5.41) is 18.7. The van der Waals surface area contributed by atoms with Crippen LogP contribution in [0.1, 0.15) is 36.1 Å². The topological polar surface area (TPSA) is 68.0 Å². The Morgan fingerprint density at radius 2 is 1.80 bits per heavy atom. The van der Waals surface area contributed by atoms with Gasteiger partial charge in [-0.15, -0.1) is 0 Å². The van der Waals surface area contributed by atoms with Crippen molar-refractivity contribution >= 4 is 23.0 Å². The molecule has 3 aromatic carbocycles. The van der Waals surface area contributed by atoms with Gasteiger partial charge in [0, 0.05) is 41.6 Å². The molecule has 0 aliphatic carbocycles. The highest BCUT2D eigenvalue weighted by Gasteiger charge is 2.48. The monoisotopic (exact) mass is 419 g/mol. The van der Waals surface area contributed by atoms with Crippen LogP contribution < -0.4 is 4.74 Å². The van der Waals surface area contributed by atoms with Crippen molar-refractivity contribution in [1.82, 2.24) is 5.01 Å². The Kier molecular flexibility index (Phi) is 4.25. The number of non-ortho nitro benzene ring substituents is 1. The van der Waals surface area contributed by atoms with E-state index in [-0.39, 0.29) is 11.7 Å². The van der Waals surface area contributed by atoms with Crippen molar-refractivity contribution in [2.75, 3.05) is 0 Å². The molecule has 2 aliphatic rings. The van der Waals surface area contributed by atoms with Crippen molar-refractivity contribution in [3.8, 4) is 5.75 Å². The maximum atomic E-state index is 11.1. The SMILES string of the molecule is CC1(c2ccc([N+](=O)[O-])cc2)Oc2ccccc2C2CC(c3ccc(Cl)cc3)=NN21. The summed E-state index contributed by atoms with van der Waals surface area (Å²) < 4.78 is 6.45. The largest absolute Gasteiger partial charge is 0.462 e. The lowest BCUT2D eigenvalue weighted by Crippen LogP contribution is -2.48. The fraction of sp³-hybridized carbons (Fsp3) is 0.174. The van der Waals surface area contributed by atoms with Gasteiger partial charge in [0.15, 0.2) is 0 Å². The van der Waals surface area contributed by atoms with Gasteiger partial charge in [-0.05, 0) is 35.9 Å². The molecule has 2 aliphatic heterocycles. The first-order valence-electron chi connectivity index (χ1n) is 9.61. The van der Waals surface area contributed by atoms with Crippen molar-refractivity contribution in [2.45, 2.75) is 25.1 Å². The first-order chi connectivity index (χ1) is 14.5. The molecule has 2 heterocycles. The van der Waals surface area contributed by atoms with Crippen LogP contribution in [0, 0.1) is 10.1 Å². The van der Waals surface area contributed by atoms with Crippen molar-refractivity contribution in [2.24, 2.45) is 5.10 Å². The first-order valence-corrected chi connectivity index (χ1v) is 9.99. The third kappa shape index (κ3) is 2.92. The van der Waals surface area contributed by atoms with E-state index in [1.54, 1.807) is 12.1 Å². The molecule has 6 nitrogen and oxygen atoms in total. The zero-order valence-corrected chi connectivity index (χ0v) is 16.9. The van der Waals surface area contributed by atoms with Gasteiger partial charge < -0.3 is 4.74 Å². The van der Waals surface area contributed by atoms with Crippen LogP contribution in [0.5, 0.6) is 5.75 Å². The number of nitro benzene ring substituents is 1. The highest BCUT2D eigenvalue weighted by molar-refractivity contribution is 6.30. The molecule has 0 amide bonds. The highest BCUT2D eigenvalue weighted by Crippen LogP contribution is 2.50. The molecule has 3 aromatic rings. The molecule has 0 radical (unpaired) electrons. The Labute approximate surface area is 178 Å². The van der Waals surface area contributed by atoms with E-state index in [1.807, 2.05) is 54.4 Å². The van der Waals surface area contributed by atoms with E-state index in [1.165, 1.54) is 12.1 Å². The molecule has 0 bridgehead atoms. The van der Waals surface area contributed by atoms with Crippen LogP contribution in [-0.2, 0) is 5.72 Å². The van der Waals surface area contributed by atoms with Crippen LogP contribution in [0.3, 0.4) is 0 Å². The summed E-state index contributed by atoms with van der Waals surface area (Å²) in [6.45, 7) is 1.95. The number of ether oxygens (including phenoxy) is 1. The lowest BCUT2D eigenvalue weighted by atomic mass is 9.92. The predicted octanol–water partition coefficient (Wildman–Crippen LogP) is 5.66. The van der Waals surface area contributed by atoms with E-state index >= 15 is 0 Å². The molecule has 0 saturated heterocycles. The number of nitro groups is 1. The molecule has 7 heteroatoms. The summed E-state index contributed by atoms with van der Waals surface area (Å²) in [4.78, 5) is 10.7. The van der Waals surface area contributed by atoms with Gasteiger partial charge in [-0.25, -0.2) is 5.01 Å². The maximum Gasteiger partial charge on any atom is 0.269 e.